The Morgan fingerprint density at radius 1 is 1.22 bits per heavy atom. The van der Waals surface area contributed by atoms with E-state index in [0.717, 1.165) is 40.7 Å². The van der Waals surface area contributed by atoms with E-state index in [0.29, 0.717) is 10.8 Å². The summed E-state index contributed by atoms with van der Waals surface area (Å²) < 4.78 is 0. The van der Waals surface area contributed by atoms with Gasteiger partial charge in [0.25, 0.3) is 5.91 Å². The molecule has 3 rings (SSSR count). The van der Waals surface area contributed by atoms with Crippen LogP contribution in [0.15, 0.2) is 58.6 Å². The third kappa shape index (κ3) is 4.98. The molecular weight excluding hydrogens is 356 g/mol. The average Bonchev–Trinajstić information content (AvgIpc) is 3.14. The van der Waals surface area contributed by atoms with Gasteiger partial charge >= 0.3 is 0 Å². The minimum Gasteiger partial charge on any atom is -0.335 e. The number of hydrogen-bond donors (Lipinski definition) is 2. The van der Waals surface area contributed by atoms with E-state index in [9.17, 15) is 4.79 Å². The molecule has 0 aromatic heterocycles. The second-order valence-electron chi connectivity index (χ2n) is 6.45. The molecule has 0 radical (unpaired) electrons. The Hall–Kier alpha value is -2.60. The van der Waals surface area contributed by atoms with Gasteiger partial charge in [-0.1, -0.05) is 49.0 Å². The maximum Gasteiger partial charge on any atom is 0.271 e. The number of rotatable bonds is 5. The lowest BCUT2D eigenvalue weighted by atomic mass is 10.1. The van der Waals surface area contributed by atoms with E-state index in [1.54, 1.807) is 17.8 Å². The van der Waals surface area contributed by atoms with Gasteiger partial charge in [0.1, 0.15) is 0 Å². The van der Waals surface area contributed by atoms with Crippen molar-refractivity contribution in [1.29, 1.82) is 0 Å². The summed E-state index contributed by atoms with van der Waals surface area (Å²) >= 11 is 1.79. The first-order chi connectivity index (χ1) is 13.1. The Morgan fingerprint density at radius 2 is 1.96 bits per heavy atom. The zero-order valence-corrected chi connectivity index (χ0v) is 16.6. The number of anilines is 1. The molecule has 27 heavy (non-hydrogen) atoms. The van der Waals surface area contributed by atoms with E-state index < -0.39 is 0 Å². The molecule has 0 bridgehead atoms. The Labute approximate surface area is 164 Å². The summed E-state index contributed by atoms with van der Waals surface area (Å²) in [5.74, 6) is -0.201. The Morgan fingerprint density at radius 3 is 2.63 bits per heavy atom. The van der Waals surface area contributed by atoms with Crippen LogP contribution in [-0.2, 0) is 0 Å². The van der Waals surface area contributed by atoms with Gasteiger partial charge in [-0.05, 0) is 49.6 Å². The second-order valence-corrected chi connectivity index (χ2v) is 7.74. The number of hydrogen-bond acceptors (Lipinski definition) is 5. The Kier molecular flexibility index (Phi) is 6.29. The smallest absolute Gasteiger partial charge is 0.271 e. The first-order valence-electron chi connectivity index (χ1n) is 9.05. The van der Waals surface area contributed by atoms with Crippen molar-refractivity contribution in [2.75, 3.05) is 11.9 Å². The van der Waals surface area contributed by atoms with Crippen molar-refractivity contribution < 1.29 is 4.79 Å². The van der Waals surface area contributed by atoms with Gasteiger partial charge in [0.2, 0.25) is 0 Å². The zero-order valence-electron chi connectivity index (χ0n) is 15.8. The number of carbonyl (C=O) groups excluding carboxylic acids is 1. The SMILES string of the molecule is CC[C@@H]1CN=C(Nc2ccc(/C(C)=N\NC(=O)c3ccccc3C)cc2)S1. The van der Waals surface area contributed by atoms with Crippen LogP contribution in [0.3, 0.4) is 0 Å². The number of benzene rings is 2. The summed E-state index contributed by atoms with van der Waals surface area (Å²) in [5, 5.41) is 9.15. The van der Waals surface area contributed by atoms with E-state index in [1.807, 2.05) is 56.3 Å². The number of aliphatic imine (C=N–C) groups is 1. The van der Waals surface area contributed by atoms with E-state index in [4.69, 9.17) is 0 Å². The molecular formula is C21H24N4OS. The van der Waals surface area contributed by atoms with Crippen molar-refractivity contribution in [3.05, 3.63) is 65.2 Å². The molecule has 1 heterocycles. The number of amides is 1. The Bertz CT molecular complexity index is 874. The largest absolute Gasteiger partial charge is 0.335 e. The highest BCUT2D eigenvalue weighted by atomic mass is 32.2. The standard InChI is InChI=1S/C21H24N4OS/c1-4-18-13-22-21(27-18)23-17-11-9-16(10-12-17)15(3)24-25-20(26)19-8-6-5-7-14(19)2/h5-12,18H,4,13H2,1-3H3,(H,22,23)(H,25,26)/b24-15-/t18-/m1/s1. The minimum atomic E-state index is -0.201. The van der Waals surface area contributed by atoms with Crippen LogP contribution in [0.1, 0.15) is 41.8 Å². The summed E-state index contributed by atoms with van der Waals surface area (Å²) in [6, 6.07) is 15.4. The summed E-state index contributed by atoms with van der Waals surface area (Å²) in [7, 11) is 0. The molecule has 1 amide bonds. The molecule has 0 saturated heterocycles. The first kappa shape index (κ1) is 19.2. The van der Waals surface area contributed by atoms with Crippen molar-refractivity contribution in [2.45, 2.75) is 32.4 Å². The predicted molar refractivity (Wildman–Crippen MR) is 115 cm³/mol. The maximum atomic E-state index is 12.3. The molecule has 0 spiro atoms. The van der Waals surface area contributed by atoms with Gasteiger partial charge in [-0.3, -0.25) is 9.79 Å². The molecule has 2 aromatic rings. The van der Waals surface area contributed by atoms with Crippen LogP contribution in [0, 0.1) is 6.92 Å². The number of nitrogens with one attached hydrogen (secondary N) is 2. The zero-order chi connectivity index (χ0) is 19.2. The topological polar surface area (TPSA) is 65.8 Å². The molecule has 140 valence electrons. The summed E-state index contributed by atoms with van der Waals surface area (Å²) in [6.07, 6.45) is 1.13. The average molecular weight is 381 g/mol. The molecule has 0 aliphatic carbocycles. The highest BCUT2D eigenvalue weighted by Crippen LogP contribution is 2.24. The quantitative estimate of drug-likeness (QED) is 0.595. The first-order valence-corrected chi connectivity index (χ1v) is 9.93. The molecule has 1 aliphatic heterocycles. The van der Waals surface area contributed by atoms with E-state index in [1.165, 1.54) is 0 Å². The van der Waals surface area contributed by atoms with E-state index in [2.05, 4.69) is 27.8 Å². The summed E-state index contributed by atoms with van der Waals surface area (Å²) in [5.41, 5.74) is 6.90. The van der Waals surface area contributed by atoms with Crippen molar-refractivity contribution in [2.24, 2.45) is 10.1 Å². The number of hydrazone groups is 1. The van der Waals surface area contributed by atoms with Gasteiger partial charge in [0.05, 0.1) is 12.3 Å². The predicted octanol–water partition coefficient (Wildman–Crippen LogP) is 4.44. The van der Waals surface area contributed by atoms with Crippen molar-refractivity contribution >= 4 is 34.2 Å². The normalized spacial score (nSPS) is 16.8. The number of carbonyl (C=O) groups is 1. The van der Waals surface area contributed by atoms with Crippen LogP contribution >= 0.6 is 11.8 Å². The van der Waals surface area contributed by atoms with Crippen LogP contribution in [0.2, 0.25) is 0 Å². The lowest BCUT2D eigenvalue weighted by Gasteiger charge is -2.08. The van der Waals surface area contributed by atoms with Crippen LogP contribution < -0.4 is 10.7 Å². The highest BCUT2D eigenvalue weighted by Gasteiger charge is 2.17. The van der Waals surface area contributed by atoms with Crippen molar-refractivity contribution in [3.8, 4) is 0 Å². The van der Waals surface area contributed by atoms with Gasteiger partial charge in [-0.2, -0.15) is 5.10 Å². The number of amidine groups is 1. The van der Waals surface area contributed by atoms with E-state index >= 15 is 0 Å². The van der Waals surface area contributed by atoms with Gasteiger partial charge in [-0.15, -0.1) is 0 Å². The molecule has 1 atom stereocenters. The van der Waals surface area contributed by atoms with E-state index in [-0.39, 0.29) is 5.91 Å². The molecule has 0 saturated carbocycles. The van der Waals surface area contributed by atoms with Gasteiger partial charge in [-0.25, -0.2) is 5.43 Å². The molecule has 2 aromatic carbocycles. The molecule has 5 nitrogen and oxygen atoms in total. The second kappa shape index (κ2) is 8.86. The van der Waals surface area contributed by atoms with Gasteiger partial charge in [0, 0.05) is 16.5 Å². The number of thioether (sulfide) groups is 1. The lowest BCUT2D eigenvalue weighted by Crippen LogP contribution is -2.20. The molecule has 6 heteroatoms. The van der Waals surface area contributed by atoms with Crippen LogP contribution in [0.25, 0.3) is 0 Å². The third-order valence-corrected chi connectivity index (χ3v) is 5.71. The summed E-state index contributed by atoms with van der Waals surface area (Å²) in [6.45, 7) is 6.86. The molecule has 1 aliphatic rings. The van der Waals surface area contributed by atoms with Gasteiger partial charge in [0.15, 0.2) is 5.17 Å². The number of aryl methyl sites for hydroxylation is 1. The van der Waals surface area contributed by atoms with Crippen LogP contribution in [0.5, 0.6) is 0 Å². The fraction of sp³-hybridized carbons (Fsp3) is 0.286. The lowest BCUT2D eigenvalue weighted by molar-refractivity contribution is 0.0954. The van der Waals surface area contributed by atoms with Gasteiger partial charge < -0.3 is 5.32 Å². The number of nitrogens with zero attached hydrogens (tertiary/aromatic N) is 2. The fourth-order valence-corrected chi connectivity index (χ4v) is 3.66. The van der Waals surface area contributed by atoms with Crippen LogP contribution in [-0.4, -0.2) is 28.6 Å². The summed E-state index contributed by atoms with van der Waals surface area (Å²) in [4.78, 5) is 16.8. The fourth-order valence-electron chi connectivity index (χ4n) is 2.70. The monoisotopic (exact) mass is 380 g/mol. The molecule has 0 unspecified atom stereocenters. The molecule has 0 fully saturated rings. The highest BCUT2D eigenvalue weighted by molar-refractivity contribution is 8.15. The van der Waals surface area contributed by atoms with Crippen molar-refractivity contribution in [3.63, 3.8) is 0 Å². The molecule has 2 N–H and O–H groups in total. The Balaban J connectivity index is 1.60. The third-order valence-electron chi connectivity index (χ3n) is 4.44. The minimum absolute atomic E-state index is 0.201. The maximum absolute atomic E-state index is 12.3. The van der Waals surface area contributed by atoms with Crippen LogP contribution in [0.4, 0.5) is 5.69 Å². The van der Waals surface area contributed by atoms with Crippen molar-refractivity contribution in [1.82, 2.24) is 5.43 Å².